The largest absolute Gasteiger partial charge is 0.488 e. The van der Waals surface area contributed by atoms with Gasteiger partial charge < -0.3 is 19.7 Å². The molecule has 0 radical (unpaired) electrons. The van der Waals surface area contributed by atoms with Gasteiger partial charge in [0.1, 0.15) is 12.4 Å². The van der Waals surface area contributed by atoms with Crippen LogP contribution in [0.2, 0.25) is 0 Å². The van der Waals surface area contributed by atoms with Crippen LogP contribution in [0.4, 0.5) is 16.0 Å². The third kappa shape index (κ3) is 4.84. The van der Waals surface area contributed by atoms with Crippen molar-refractivity contribution in [2.45, 2.75) is 48.7 Å². The number of ether oxygens (including phenoxy) is 2. The van der Waals surface area contributed by atoms with Crippen molar-refractivity contribution >= 4 is 38.3 Å². The van der Waals surface area contributed by atoms with Crippen LogP contribution in [0.15, 0.2) is 59.8 Å². The molecule has 1 fully saturated rings. The molecule has 0 bridgehead atoms. The maximum atomic E-state index is 14.3. The molecule has 3 aliphatic rings. The van der Waals surface area contributed by atoms with Crippen LogP contribution in [-0.2, 0) is 21.1 Å². The van der Waals surface area contributed by atoms with Crippen LogP contribution < -0.4 is 15.0 Å². The molecule has 1 aliphatic carbocycles. The van der Waals surface area contributed by atoms with Crippen LogP contribution in [0.3, 0.4) is 0 Å². The highest BCUT2D eigenvalue weighted by atomic mass is 32.2. The summed E-state index contributed by atoms with van der Waals surface area (Å²) in [6.45, 7) is 2.31. The Morgan fingerprint density at radius 3 is 2.81 bits per heavy atom. The minimum Gasteiger partial charge on any atom is -0.488 e. The molecular formula is C30H28FN5O5S. The van der Waals surface area contributed by atoms with E-state index < -0.39 is 34.0 Å². The van der Waals surface area contributed by atoms with Crippen molar-refractivity contribution < 1.29 is 27.1 Å². The summed E-state index contributed by atoms with van der Waals surface area (Å²) >= 11 is 0. The first-order valence-electron chi connectivity index (χ1n) is 13.9. The zero-order valence-electron chi connectivity index (χ0n) is 22.8. The number of rotatable bonds is 5. The van der Waals surface area contributed by atoms with E-state index in [0.717, 1.165) is 22.8 Å². The SMILES string of the molecule is C[C@H]1OC[C@H](F)S(=O)(=O)c2cc(C(=O)NCc3cc4nc(N5CCOc6cc(C7CC7)cnc65)ccc4cn3)ccc21. The Labute approximate surface area is 241 Å². The predicted molar refractivity (Wildman–Crippen MR) is 152 cm³/mol. The van der Waals surface area contributed by atoms with Crippen LogP contribution in [-0.4, -0.2) is 54.5 Å². The zero-order chi connectivity index (χ0) is 29.0. The molecule has 1 amide bonds. The molecule has 7 rings (SSSR count). The molecule has 1 aromatic carbocycles. The van der Waals surface area contributed by atoms with E-state index in [1.807, 2.05) is 23.2 Å². The number of nitrogens with one attached hydrogen (secondary N) is 1. The van der Waals surface area contributed by atoms with Crippen LogP contribution in [0.1, 0.15) is 59.0 Å². The van der Waals surface area contributed by atoms with Crippen molar-refractivity contribution in [2.75, 3.05) is 24.7 Å². The van der Waals surface area contributed by atoms with Crippen LogP contribution in [0.25, 0.3) is 10.9 Å². The Bertz CT molecular complexity index is 1830. The first kappa shape index (κ1) is 26.7. The van der Waals surface area contributed by atoms with Crippen molar-refractivity contribution in [3.8, 4) is 5.75 Å². The summed E-state index contributed by atoms with van der Waals surface area (Å²) in [6.07, 6.45) is 5.38. The Balaban J connectivity index is 1.11. The van der Waals surface area contributed by atoms with Gasteiger partial charge in [0.15, 0.2) is 11.6 Å². The number of hydrogen-bond donors (Lipinski definition) is 1. The number of benzene rings is 1. The molecule has 1 saturated carbocycles. The van der Waals surface area contributed by atoms with Gasteiger partial charge in [0.2, 0.25) is 15.3 Å². The van der Waals surface area contributed by atoms with E-state index >= 15 is 0 Å². The molecule has 216 valence electrons. The van der Waals surface area contributed by atoms with Gasteiger partial charge in [0, 0.05) is 23.3 Å². The van der Waals surface area contributed by atoms with Gasteiger partial charge in [-0.25, -0.2) is 22.8 Å². The lowest BCUT2D eigenvalue weighted by molar-refractivity contribution is 0.0486. The fourth-order valence-corrected chi connectivity index (χ4v) is 6.73. The minimum atomic E-state index is -4.28. The van der Waals surface area contributed by atoms with Gasteiger partial charge in [-0.05, 0) is 73.2 Å². The minimum absolute atomic E-state index is 0.0850. The van der Waals surface area contributed by atoms with Crippen molar-refractivity contribution in [2.24, 2.45) is 0 Å². The van der Waals surface area contributed by atoms with Crippen molar-refractivity contribution in [1.29, 1.82) is 0 Å². The van der Waals surface area contributed by atoms with E-state index in [-0.39, 0.29) is 17.0 Å². The third-order valence-corrected chi connectivity index (χ3v) is 9.66. The van der Waals surface area contributed by atoms with Gasteiger partial charge in [-0.1, -0.05) is 6.07 Å². The number of sulfone groups is 1. The van der Waals surface area contributed by atoms with Crippen molar-refractivity contribution in [1.82, 2.24) is 20.3 Å². The normalized spacial score (nSPS) is 21.1. The highest BCUT2D eigenvalue weighted by Gasteiger charge is 2.35. The molecule has 10 nitrogen and oxygen atoms in total. The molecule has 0 unspecified atom stereocenters. The molecule has 0 spiro atoms. The van der Waals surface area contributed by atoms with E-state index in [4.69, 9.17) is 19.4 Å². The second kappa shape index (κ2) is 10.3. The molecule has 12 heteroatoms. The molecule has 5 heterocycles. The van der Waals surface area contributed by atoms with Crippen LogP contribution in [0, 0.1) is 0 Å². The summed E-state index contributed by atoms with van der Waals surface area (Å²) in [5, 5.41) is 3.62. The number of carbonyl (C=O) groups excluding carboxylic acids is 1. The van der Waals surface area contributed by atoms with Gasteiger partial charge in [-0.15, -0.1) is 0 Å². The van der Waals surface area contributed by atoms with Gasteiger partial charge in [-0.2, -0.15) is 0 Å². The molecule has 2 aliphatic heterocycles. The van der Waals surface area contributed by atoms with E-state index in [9.17, 15) is 17.6 Å². The monoisotopic (exact) mass is 589 g/mol. The maximum absolute atomic E-state index is 14.3. The predicted octanol–water partition coefficient (Wildman–Crippen LogP) is 4.52. The Kier molecular flexibility index (Phi) is 6.54. The summed E-state index contributed by atoms with van der Waals surface area (Å²) in [5.41, 5.74) is 0.717. The smallest absolute Gasteiger partial charge is 0.251 e. The lowest BCUT2D eigenvalue weighted by Gasteiger charge is -2.29. The number of carbonyl (C=O) groups is 1. The first-order valence-corrected chi connectivity index (χ1v) is 15.4. The Hall–Kier alpha value is -4.16. The highest BCUT2D eigenvalue weighted by Crippen LogP contribution is 2.43. The lowest BCUT2D eigenvalue weighted by Crippen LogP contribution is -2.30. The number of halogens is 1. The second-order valence-corrected chi connectivity index (χ2v) is 12.8. The Morgan fingerprint density at radius 2 is 1.98 bits per heavy atom. The quantitative estimate of drug-likeness (QED) is 0.358. The number of nitrogens with zero attached hydrogens (tertiary/aromatic N) is 4. The van der Waals surface area contributed by atoms with E-state index in [0.29, 0.717) is 35.8 Å². The van der Waals surface area contributed by atoms with E-state index in [1.165, 1.54) is 36.6 Å². The standard InChI is InChI=1S/C30H28FN5O5S/c1-17-23-6-4-19(11-26(23)42(38,39)27(31)16-41-17)30(37)34-15-22-12-24-20(13-32-22)5-7-28(35-24)36-8-9-40-25-10-21(18-2-3-18)14-33-29(25)36/h4-7,10-14,17-18,27H,2-3,8-9,15-16H2,1H3,(H,34,37)/t17-,27-/m1/s1. The van der Waals surface area contributed by atoms with Crippen LogP contribution in [0.5, 0.6) is 5.75 Å². The number of amides is 1. The van der Waals surface area contributed by atoms with E-state index in [2.05, 4.69) is 16.4 Å². The molecule has 1 N–H and O–H groups in total. The number of alkyl halides is 1. The fourth-order valence-electron chi connectivity index (χ4n) is 5.34. The number of pyridine rings is 3. The molecule has 0 saturated heterocycles. The molecule has 4 aromatic rings. The van der Waals surface area contributed by atoms with Crippen molar-refractivity contribution in [3.05, 3.63) is 77.2 Å². The second-order valence-electron chi connectivity index (χ2n) is 10.8. The van der Waals surface area contributed by atoms with Gasteiger partial charge in [0.25, 0.3) is 5.91 Å². The summed E-state index contributed by atoms with van der Waals surface area (Å²) < 4.78 is 50.9. The van der Waals surface area contributed by atoms with E-state index in [1.54, 1.807) is 19.2 Å². The number of aromatic nitrogens is 3. The van der Waals surface area contributed by atoms with Gasteiger partial charge in [-0.3, -0.25) is 9.78 Å². The Morgan fingerprint density at radius 1 is 1.12 bits per heavy atom. The average Bonchev–Trinajstić information content (AvgIpc) is 3.87. The molecule has 3 aromatic heterocycles. The zero-order valence-corrected chi connectivity index (χ0v) is 23.6. The molecule has 2 atom stereocenters. The average molecular weight is 590 g/mol. The number of fused-ring (bicyclic) bond motifs is 3. The summed E-state index contributed by atoms with van der Waals surface area (Å²) in [7, 11) is -4.28. The number of anilines is 2. The van der Waals surface area contributed by atoms with Crippen molar-refractivity contribution in [3.63, 3.8) is 0 Å². The summed E-state index contributed by atoms with van der Waals surface area (Å²) in [4.78, 5) is 28.8. The van der Waals surface area contributed by atoms with Gasteiger partial charge >= 0.3 is 0 Å². The fraction of sp³-hybridized carbons (Fsp3) is 0.333. The first-order chi connectivity index (χ1) is 20.3. The lowest BCUT2D eigenvalue weighted by atomic mass is 10.1. The molecule has 42 heavy (non-hydrogen) atoms. The van der Waals surface area contributed by atoms with Crippen LogP contribution >= 0.6 is 0 Å². The maximum Gasteiger partial charge on any atom is 0.251 e. The summed E-state index contributed by atoms with van der Waals surface area (Å²) in [5.74, 6) is 2.31. The highest BCUT2D eigenvalue weighted by molar-refractivity contribution is 7.92. The van der Waals surface area contributed by atoms with Gasteiger partial charge in [0.05, 0.1) is 41.9 Å². The molecular weight excluding hydrogens is 561 g/mol. The number of hydrogen-bond acceptors (Lipinski definition) is 9. The topological polar surface area (TPSA) is 124 Å². The third-order valence-electron chi connectivity index (χ3n) is 7.89. The summed E-state index contributed by atoms with van der Waals surface area (Å²) in [6, 6.07) is 12.0.